The second kappa shape index (κ2) is 12.3. The van der Waals surface area contributed by atoms with Gasteiger partial charge in [0.1, 0.15) is 5.75 Å². The van der Waals surface area contributed by atoms with Crippen LogP contribution in [0.2, 0.25) is 0 Å². The Kier molecular flexibility index (Phi) is 10.0. The Hall–Kier alpha value is -1.24. The van der Waals surface area contributed by atoms with Crippen molar-refractivity contribution in [3.05, 3.63) is 24.3 Å². The van der Waals surface area contributed by atoms with Crippen molar-refractivity contribution in [1.82, 2.24) is 10.2 Å². The topological polar surface area (TPSA) is 50.8 Å². The molecular formula is C21H34N2O3S. The van der Waals surface area contributed by atoms with Gasteiger partial charge < -0.3 is 14.8 Å². The average molecular weight is 395 g/mol. The van der Waals surface area contributed by atoms with E-state index in [2.05, 4.69) is 24.1 Å². The van der Waals surface area contributed by atoms with Gasteiger partial charge in [-0.05, 0) is 30.2 Å². The summed E-state index contributed by atoms with van der Waals surface area (Å²) in [6, 6.07) is 8.36. The van der Waals surface area contributed by atoms with Crippen LogP contribution in [0.1, 0.15) is 33.1 Å². The van der Waals surface area contributed by atoms with Gasteiger partial charge in [0.2, 0.25) is 5.91 Å². The van der Waals surface area contributed by atoms with E-state index < -0.39 is 0 Å². The lowest BCUT2D eigenvalue weighted by molar-refractivity contribution is -0.121. The molecule has 0 bridgehead atoms. The van der Waals surface area contributed by atoms with Gasteiger partial charge in [0.05, 0.1) is 20.3 Å². The van der Waals surface area contributed by atoms with Crippen LogP contribution in [0.15, 0.2) is 29.2 Å². The number of carbonyl (C=O) groups excluding carboxylic acids is 1. The van der Waals surface area contributed by atoms with Crippen LogP contribution in [0.4, 0.5) is 0 Å². The van der Waals surface area contributed by atoms with Crippen molar-refractivity contribution in [3.63, 3.8) is 0 Å². The molecule has 1 aromatic carbocycles. The number of nitrogens with one attached hydrogen (secondary N) is 1. The van der Waals surface area contributed by atoms with Gasteiger partial charge in [-0.1, -0.05) is 26.7 Å². The SMILES string of the molecule is CCC(CC)C(CNC(=O)CCSc1ccc(OC)cc1)N1CCOCC1. The molecule has 1 saturated heterocycles. The van der Waals surface area contributed by atoms with Crippen molar-refractivity contribution in [2.24, 2.45) is 5.92 Å². The highest BCUT2D eigenvalue weighted by Crippen LogP contribution is 2.22. The van der Waals surface area contributed by atoms with E-state index in [-0.39, 0.29) is 5.91 Å². The largest absolute Gasteiger partial charge is 0.497 e. The van der Waals surface area contributed by atoms with E-state index in [0.29, 0.717) is 18.4 Å². The minimum atomic E-state index is 0.139. The van der Waals surface area contributed by atoms with Crippen molar-refractivity contribution in [2.45, 2.75) is 44.0 Å². The van der Waals surface area contributed by atoms with Crippen LogP contribution in [-0.4, -0.2) is 62.6 Å². The number of amides is 1. The van der Waals surface area contributed by atoms with E-state index in [9.17, 15) is 4.79 Å². The van der Waals surface area contributed by atoms with E-state index in [1.165, 1.54) is 0 Å². The molecule has 6 heteroatoms. The highest BCUT2D eigenvalue weighted by Gasteiger charge is 2.27. The molecular weight excluding hydrogens is 360 g/mol. The number of hydrogen-bond acceptors (Lipinski definition) is 5. The first-order valence-corrected chi connectivity index (χ1v) is 11.0. The van der Waals surface area contributed by atoms with E-state index in [1.54, 1.807) is 18.9 Å². The Morgan fingerprint density at radius 1 is 1.22 bits per heavy atom. The van der Waals surface area contributed by atoms with Crippen molar-refractivity contribution in [3.8, 4) is 5.75 Å². The minimum Gasteiger partial charge on any atom is -0.497 e. The zero-order valence-electron chi connectivity index (χ0n) is 16.9. The second-order valence-corrected chi connectivity index (χ2v) is 8.04. The van der Waals surface area contributed by atoms with E-state index in [4.69, 9.17) is 9.47 Å². The van der Waals surface area contributed by atoms with Gasteiger partial charge in [-0.25, -0.2) is 0 Å². The fourth-order valence-electron chi connectivity index (χ4n) is 3.58. The summed E-state index contributed by atoms with van der Waals surface area (Å²) in [5.41, 5.74) is 0. The van der Waals surface area contributed by atoms with Gasteiger partial charge in [-0.2, -0.15) is 0 Å². The molecule has 1 N–H and O–H groups in total. The Morgan fingerprint density at radius 2 is 1.89 bits per heavy atom. The number of nitrogens with zero attached hydrogens (tertiary/aromatic N) is 1. The zero-order chi connectivity index (χ0) is 19.5. The first-order valence-electron chi connectivity index (χ1n) is 10.0. The van der Waals surface area contributed by atoms with Crippen LogP contribution >= 0.6 is 11.8 Å². The molecule has 1 aliphatic rings. The third-order valence-electron chi connectivity index (χ3n) is 5.27. The zero-order valence-corrected chi connectivity index (χ0v) is 17.7. The summed E-state index contributed by atoms with van der Waals surface area (Å²) >= 11 is 1.70. The molecule has 0 saturated carbocycles. The fourth-order valence-corrected chi connectivity index (χ4v) is 4.43. The van der Waals surface area contributed by atoms with Crippen molar-refractivity contribution in [2.75, 3.05) is 45.7 Å². The highest BCUT2D eigenvalue weighted by molar-refractivity contribution is 7.99. The second-order valence-electron chi connectivity index (χ2n) is 6.87. The highest BCUT2D eigenvalue weighted by atomic mass is 32.2. The van der Waals surface area contributed by atoms with Crippen LogP contribution < -0.4 is 10.1 Å². The summed E-state index contributed by atoms with van der Waals surface area (Å²) in [5, 5.41) is 3.18. The van der Waals surface area contributed by atoms with Crippen LogP contribution in [-0.2, 0) is 9.53 Å². The normalized spacial score (nSPS) is 16.3. The summed E-state index contributed by atoms with van der Waals surface area (Å²) in [4.78, 5) is 16.0. The number of carbonyl (C=O) groups is 1. The van der Waals surface area contributed by atoms with Crippen molar-refractivity contribution in [1.29, 1.82) is 0 Å². The van der Waals surface area contributed by atoms with E-state index in [1.807, 2.05) is 24.3 Å². The number of thioether (sulfide) groups is 1. The molecule has 1 aromatic rings. The maximum Gasteiger partial charge on any atom is 0.220 e. The predicted octanol–water partition coefficient (Wildman–Crippen LogP) is 3.43. The molecule has 27 heavy (non-hydrogen) atoms. The quantitative estimate of drug-likeness (QED) is 0.583. The summed E-state index contributed by atoms with van der Waals surface area (Å²) in [6.07, 6.45) is 2.82. The Morgan fingerprint density at radius 3 is 2.48 bits per heavy atom. The summed E-state index contributed by atoms with van der Waals surface area (Å²) in [7, 11) is 1.66. The third kappa shape index (κ3) is 7.35. The predicted molar refractivity (Wildman–Crippen MR) is 112 cm³/mol. The van der Waals surface area contributed by atoms with Gasteiger partial charge in [-0.15, -0.1) is 11.8 Å². The molecule has 1 aliphatic heterocycles. The number of ether oxygens (including phenoxy) is 2. The number of morpholine rings is 1. The number of methoxy groups -OCH3 is 1. The molecule has 0 radical (unpaired) electrons. The van der Waals surface area contributed by atoms with Crippen LogP contribution in [0, 0.1) is 5.92 Å². The molecule has 5 nitrogen and oxygen atoms in total. The number of rotatable bonds is 11. The van der Waals surface area contributed by atoms with Gasteiger partial charge in [0, 0.05) is 42.7 Å². The molecule has 0 aromatic heterocycles. The summed E-state index contributed by atoms with van der Waals surface area (Å²) in [5.74, 6) is 2.38. The number of benzene rings is 1. The van der Waals surface area contributed by atoms with Gasteiger partial charge in [0.25, 0.3) is 0 Å². The van der Waals surface area contributed by atoms with Crippen LogP contribution in [0.3, 0.4) is 0 Å². The first-order chi connectivity index (χ1) is 13.2. The molecule has 1 fully saturated rings. The summed E-state index contributed by atoms with van der Waals surface area (Å²) in [6.45, 7) is 8.74. The van der Waals surface area contributed by atoms with Gasteiger partial charge in [-0.3, -0.25) is 9.69 Å². The molecule has 2 rings (SSSR count). The number of hydrogen-bond donors (Lipinski definition) is 1. The molecule has 1 amide bonds. The van der Waals surface area contributed by atoms with Crippen LogP contribution in [0.5, 0.6) is 5.75 Å². The molecule has 0 spiro atoms. The standard InChI is InChI=1S/C21H34N2O3S/c1-4-17(5-2)20(23-11-13-26-14-12-23)16-22-21(24)10-15-27-19-8-6-18(25-3)7-9-19/h6-9,17,20H,4-5,10-16H2,1-3H3,(H,22,24). The lowest BCUT2D eigenvalue weighted by Crippen LogP contribution is -2.52. The maximum absolute atomic E-state index is 12.3. The van der Waals surface area contributed by atoms with Gasteiger partial charge >= 0.3 is 0 Å². The molecule has 0 aliphatic carbocycles. The van der Waals surface area contributed by atoms with Crippen molar-refractivity contribution >= 4 is 17.7 Å². The average Bonchev–Trinajstić information content (AvgIpc) is 2.72. The Balaban J connectivity index is 1.76. The lowest BCUT2D eigenvalue weighted by atomic mass is 9.92. The molecule has 152 valence electrons. The summed E-state index contributed by atoms with van der Waals surface area (Å²) < 4.78 is 10.7. The fraction of sp³-hybridized carbons (Fsp3) is 0.667. The monoisotopic (exact) mass is 394 g/mol. The maximum atomic E-state index is 12.3. The lowest BCUT2D eigenvalue weighted by Gasteiger charge is -2.38. The van der Waals surface area contributed by atoms with Crippen molar-refractivity contribution < 1.29 is 14.3 Å². The van der Waals surface area contributed by atoms with E-state index in [0.717, 1.165) is 62.1 Å². The molecule has 1 unspecified atom stereocenters. The minimum absolute atomic E-state index is 0.139. The Bertz CT molecular complexity index is 543. The molecule has 1 heterocycles. The van der Waals surface area contributed by atoms with Crippen LogP contribution in [0.25, 0.3) is 0 Å². The Labute approximate surface area is 168 Å². The van der Waals surface area contributed by atoms with Gasteiger partial charge in [0.15, 0.2) is 0 Å². The first kappa shape index (κ1) is 22.1. The smallest absolute Gasteiger partial charge is 0.220 e. The molecule has 1 atom stereocenters. The van der Waals surface area contributed by atoms with E-state index >= 15 is 0 Å². The third-order valence-corrected chi connectivity index (χ3v) is 6.29.